The monoisotopic (exact) mass is 656 g/mol. The molecule has 2 atom stereocenters. The number of amides is 4. The summed E-state index contributed by atoms with van der Waals surface area (Å²) in [6.45, 7) is 8.11. The van der Waals surface area contributed by atoms with E-state index in [0.29, 0.717) is 0 Å². The van der Waals surface area contributed by atoms with Crippen LogP contribution in [0.25, 0.3) is 11.1 Å². The molecule has 0 radical (unpaired) electrons. The van der Waals surface area contributed by atoms with Gasteiger partial charge in [0.1, 0.15) is 29.8 Å². The van der Waals surface area contributed by atoms with E-state index in [-0.39, 0.29) is 31.8 Å². The van der Waals surface area contributed by atoms with E-state index < -0.39 is 53.0 Å². The first kappa shape index (κ1) is 35.7. The highest BCUT2D eigenvalue weighted by atomic mass is 16.6. The van der Waals surface area contributed by atoms with E-state index in [4.69, 9.17) is 15.2 Å². The number of hydrogen-bond donors (Lipinski definition) is 4. The number of primary amides is 1. The highest BCUT2D eigenvalue weighted by Gasteiger charge is 2.36. The van der Waals surface area contributed by atoms with Crippen LogP contribution in [0, 0.1) is 0 Å². The summed E-state index contributed by atoms with van der Waals surface area (Å²) in [7, 11) is 0. The van der Waals surface area contributed by atoms with Crippen molar-refractivity contribution < 1.29 is 33.4 Å². The van der Waals surface area contributed by atoms with Gasteiger partial charge in [-0.1, -0.05) is 78.9 Å². The van der Waals surface area contributed by atoms with Gasteiger partial charge in [-0.25, -0.2) is 9.59 Å². The first-order valence-electron chi connectivity index (χ1n) is 15.9. The molecule has 4 rings (SSSR count). The molecule has 5 N–H and O–H groups in total. The Labute approximate surface area is 280 Å². The van der Waals surface area contributed by atoms with Gasteiger partial charge in [-0.3, -0.25) is 14.4 Å². The van der Waals surface area contributed by atoms with Crippen molar-refractivity contribution in [2.45, 2.75) is 83.0 Å². The van der Waals surface area contributed by atoms with Crippen molar-refractivity contribution in [1.29, 1.82) is 0 Å². The second kappa shape index (κ2) is 15.1. The minimum absolute atomic E-state index is 0.0634. The maximum Gasteiger partial charge on any atom is 0.408 e. The summed E-state index contributed by atoms with van der Waals surface area (Å²) in [6, 6.07) is 22.6. The summed E-state index contributed by atoms with van der Waals surface area (Å²) in [5, 5.41) is 7.98. The van der Waals surface area contributed by atoms with Gasteiger partial charge in [0.05, 0.1) is 0 Å². The highest BCUT2D eigenvalue weighted by Crippen LogP contribution is 2.44. The predicted octanol–water partition coefficient (Wildman–Crippen LogP) is 4.12. The van der Waals surface area contributed by atoms with Crippen molar-refractivity contribution in [2.24, 2.45) is 5.73 Å². The average Bonchev–Trinajstić information content (AvgIpc) is 3.34. The fraction of sp³-hybridized carbons (Fsp3) is 0.378. The Morgan fingerprint density at radius 2 is 1.33 bits per heavy atom. The first-order valence-corrected chi connectivity index (χ1v) is 15.9. The second-order valence-corrected chi connectivity index (χ2v) is 13.4. The number of ether oxygens (including phenoxy) is 2. The number of rotatable bonds is 13. The van der Waals surface area contributed by atoms with E-state index in [0.717, 1.165) is 27.8 Å². The lowest BCUT2D eigenvalue weighted by Crippen LogP contribution is -2.60. The Hall–Kier alpha value is -5.19. The minimum atomic E-state index is -1.49. The van der Waals surface area contributed by atoms with Gasteiger partial charge in [0, 0.05) is 18.8 Å². The van der Waals surface area contributed by atoms with E-state index in [1.54, 1.807) is 45.0 Å². The van der Waals surface area contributed by atoms with Crippen LogP contribution >= 0.6 is 0 Å². The fourth-order valence-electron chi connectivity index (χ4n) is 5.52. The van der Waals surface area contributed by atoms with Crippen molar-refractivity contribution in [3.63, 3.8) is 0 Å². The number of nitrogens with two attached hydrogens (primary N) is 1. The minimum Gasteiger partial charge on any atom is -0.458 e. The molecule has 48 heavy (non-hydrogen) atoms. The number of carbonyl (C=O) groups is 5. The number of benzene rings is 3. The van der Waals surface area contributed by atoms with Crippen LogP contribution in [0.2, 0.25) is 0 Å². The maximum atomic E-state index is 13.6. The molecule has 0 saturated carbocycles. The SMILES string of the molecule is CC(C)(C)OC(=O)[C@H](CCC(N)=O)NC(=O)[C@H](Cc1ccccc1)NC(=O)C(C)(C)NC(=O)OCC1c2ccccc2-c2ccccc21. The van der Waals surface area contributed by atoms with Crippen molar-refractivity contribution in [3.8, 4) is 11.1 Å². The zero-order valence-electron chi connectivity index (χ0n) is 28.0. The van der Waals surface area contributed by atoms with Crippen LogP contribution in [-0.4, -0.2) is 59.6 Å². The van der Waals surface area contributed by atoms with Crippen LogP contribution in [0.4, 0.5) is 4.79 Å². The summed E-state index contributed by atoms with van der Waals surface area (Å²) in [5.41, 5.74) is 8.00. The third kappa shape index (κ3) is 9.43. The zero-order chi connectivity index (χ0) is 35.1. The lowest BCUT2D eigenvalue weighted by molar-refractivity contribution is -0.159. The van der Waals surface area contributed by atoms with Crippen molar-refractivity contribution >= 4 is 29.8 Å². The molecule has 0 aliphatic heterocycles. The quantitative estimate of drug-likeness (QED) is 0.201. The van der Waals surface area contributed by atoms with Crippen molar-refractivity contribution in [3.05, 3.63) is 95.6 Å². The molecule has 254 valence electrons. The summed E-state index contributed by atoms with van der Waals surface area (Å²) >= 11 is 0. The zero-order valence-corrected chi connectivity index (χ0v) is 28.0. The van der Waals surface area contributed by atoms with Gasteiger partial charge in [-0.05, 0) is 68.9 Å². The van der Waals surface area contributed by atoms with Gasteiger partial charge in [0.15, 0.2) is 0 Å². The molecule has 0 heterocycles. The van der Waals surface area contributed by atoms with Crippen LogP contribution in [0.5, 0.6) is 0 Å². The maximum absolute atomic E-state index is 13.6. The molecule has 0 fully saturated rings. The summed E-state index contributed by atoms with van der Waals surface area (Å²) < 4.78 is 11.1. The lowest BCUT2D eigenvalue weighted by atomic mass is 9.98. The van der Waals surface area contributed by atoms with Crippen LogP contribution in [0.3, 0.4) is 0 Å². The van der Waals surface area contributed by atoms with Crippen LogP contribution in [0.15, 0.2) is 78.9 Å². The normalized spacial score (nSPS) is 13.7. The second-order valence-electron chi connectivity index (χ2n) is 13.4. The molecule has 0 spiro atoms. The first-order chi connectivity index (χ1) is 22.6. The Morgan fingerprint density at radius 1 is 0.771 bits per heavy atom. The summed E-state index contributed by atoms with van der Waals surface area (Å²) in [5.74, 6) is -2.87. The van der Waals surface area contributed by atoms with E-state index in [1.807, 2.05) is 54.6 Å². The standard InChI is InChI=1S/C37H44N4O7/c1-36(2,3)48-33(44)29(19-20-31(38)42)39-32(43)30(21-23-13-7-6-8-14-23)40-34(45)37(4,5)41-35(46)47-22-28-26-17-11-9-15-24(26)25-16-10-12-18-27(25)28/h6-18,28-30H,19-22H2,1-5H3,(H2,38,42)(H,39,43)(H,40,45)(H,41,46)/t29-,30-/m0/s1. The molecule has 0 saturated heterocycles. The topological polar surface area (TPSA) is 166 Å². The Balaban J connectivity index is 1.45. The third-order valence-electron chi connectivity index (χ3n) is 7.92. The van der Waals surface area contributed by atoms with E-state index in [9.17, 15) is 24.0 Å². The molecule has 3 aromatic rings. The molecule has 0 unspecified atom stereocenters. The largest absolute Gasteiger partial charge is 0.458 e. The van der Waals surface area contributed by atoms with E-state index in [1.165, 1.54) is 13.8 Å². The Morgan fingerprint density at radius 3 is 1.90 bits per heavy atom. The van der Waals surface area contributed by atoms with Crippen LogP contribution < -0.4 is 21.7 Å². The highest BCUT2D eigenvalue weighted by molar-refractivity contribution is 5.95. The number of alkyl carbamates (subject to hydrolysis) is 1. The number of hydrogen-bond acceptors (Lipinski definition) is 7. The van der Waals surface area contributed by atoms with Crippen molar-refractivity contribution in [2.75, 3.05) is 6.61 Å². The molecule has 11 heteroatoms. The Bertz CT molecular complexity index is 1600. The molecule has 0 aromatic heterocycles. The van der Waals surface area contributed by atoms with Gasteiger partial charge in [0.2, 0.25) is 17.7 Å². The van der Waals surface area contributed by atoms with Gasteiger partial charge >= 0.3 is 12.1 Å². The van der Waals surface area contributed by atoms with E-state index in [2.05, 4.69) is 16.0 Å². The number of carbonyl (C=O) groups excluding carboxylic acids is 5. The van der Waals surface area contributed by atoms with Gasteiger partial charge in [-0.15, -0.1) is 0 Å². The molecular weight excluding hydrogens is 612 g/mol. The van der Waals surface area contributed by atoms with Gasteiger partial charge < -0.3 is 31.2 Å². The summed E-state index contributed by atoms with van der Waals surface area (Å²) in [6.07, 6.45) is -0.970. The average molecular weight is 657 g/mol. The van der Waals surface area contributed by atoms with Gasteiger partial charge in [0.25, 0.3) is 0 Å². The lowest BCUT2D eigenvalue weighted by Gasteiger charge is -2.29. The van der Waals surface area contributed by atoms with Crippen LogP contribution in [0.1, 0.15) is 70.1 Å². The van der Waals surface area contributed by atoms with Gasteiger partial charge in [-0.2, -0.15) is 0 Å². The predicted molar refractivity (Wildman–Crippen MR) is 181 cm³/mol. The van der Waals surface area contributed by atoms with Crippen molar-refractivity contribution in [1.82, 2.24) is 16.0 Å². The third-order valence-corrected chi connectivity index (χ3v) is 7.92. The fourth-order valence-corrected chi connectivity index (χ4v) is 5.52. The number of esters is 1. The molecule has 3 aromatic carbocycles. The van der Waals surface area contributed by atoms with Crippen LogP contribution in [-0.2, 0) is 35.1 Å². The Kier molecular flexibility index (Phi) is 11.3. The molecular formula is C37H44N4O7. The van der Waals surface area contributed by atoms with E-state index >= 15 is 0 Å². The molecule has 0 bridgehead atoms. The molecule has 1 aliphatic rings. The molecule has 1 aliphatic carbocycles. The molecule has 11 nitrogen and oxygen atoms in total. The number of nitrogens with one attached hydrogen (secondary N) is 3. The summed E-state index contributed by atoms with van der Waals surface area (Å²) in [4.78, 5) is 64.7. The number of fused-ring (bicyclic) bond motifs is 3. The smallest absolute Gasteiger partial charge is 0.408 e. The molecule has 4 amide bonds.